The number of halogens is 1. The van der Waals surface area contributed by atoms with E-state index in [0.29, 0.717) is 12.0 Å². The van der Waals surface area contributed by atoms with E-state index >= 15 is 0 Å². The van der Waals surface area contributed by atoms with E-state index in [1.807, 2.05) is 0 Å². The summed E-state index contributed by atoms with van der Waals surface area (Å²) in [6.07, 6.45) is 0.368. The lowest BCUT2D eigenvalue weighted by atomic mass is 10.1. The first-order valence-corrected chi connectivity index (χ1v) is 5.27. The molecule has 17 heavy (non-hydrogen) atoms. The number of nitrogens with one attached hydrogen (secondary N) is 1. The highest BCUT2D eigenvalue weighted by Crippen LogP contribution is 2.04. The van der Waals surface area contributed by atoms with Crippen molar-refractivity contribution in [3.63, 3.8) is 0 Å². The first-order valence-electron chi connectivity index (χ1n) is 5.27. The molecule has 0 aliphatic rings. The molecular weight excluding hydrogens is 225 g/mol. The summed E-state index contributed by atoms with van der Waals surface area (Å²) >= 11 is 0. The Morgan fingerprint density at radius 1 is 1.35 bits per heavy atom. The zero-order valence-corrected chi connectivity index (χ0v) is 9.44. The Balaban J connectivity index is 2.48. The second-order valence-corrected chi connectivity index (χ2v) is 3.81. The average molecular weight is 239 g/mol. The molecule has 0 unspecified atom stereocenters. The molecule has 0 aromatic heterocycles. The number of hydrogen-bond donors (Lipinski definition) is 2. The minimum atomic E-state index is -0.895. The van der Waals surface area contributed by atoms with Gasteiger partial charge in [-0.25, -0.2) is 4.39 Å². The molecule has 0 heterocycles. The molecule has 92 valence electrons. The van der Waals surface area contributed by atoms with Gasteiger partial charge in [0, 0.05) is 18.0 Å². The highest BCUT2D eigenvalue weighted by molar-refractivity contribution is 5.94. The molecule has 1 aromatic carbocycles. The van der Waals surface area contributed by atoms with Gasteiger partial charge in [0.05, 0.1) is 0 Å². The van der Waals surface area contributed by atoms with Crippen LogP contribution in [-0.4, -0.2) is 23.0 Å². The molecule has 0 radical (unpaired) electrons. The summed E-state index contributed by atoms with van der Waals surface area (Å²) < 4.78 is 12.6. The Morgan fingerprint density at radius 3 is 2.47 bits per heavy atom. The van der Waals surface area contributed by atoms with Crippen LogP contribution in [0.4, 0.5) is 4.39 Å². The van der Waals surface area contributed by atoms with E-state index < -0.39 is 11.8 Å². The normalized spacial score (nSPS) is 11.9. The van der Waals surface area contributed by atoms with Crippen molar-refractivity contribution in [1.82, 2.24) is 5.32 Å². The summed E-state index contributed by atoms with van der Waals surface area (Å²) in [6.45, 7) is 1.73. The third-order valence-electron chi connectivity index (χ3n) is 2.28. The molecule has 5 heteroatoms. The highest BCUT2D eigenvalue weighted by Gasteiger charge is 2.10. The van der Waals surface area contributed by atoms with Crippen LogP contribution in [0.25, 0.3) is 0 Å². The van der Waals surface area contributed by atoms with Gasteiger partial charge in [-0.1, -0.05) is 0 Å². The smallest absolute Gasteiger partial charge is 0.303 e. The van der Waals surface area contributed by atoms with Crippen molar-refractivity contribution < 1.29 is 19.1 Å². The van der Waals surface area contributed by atoms with Gasteiger partial charge in [-0.05, 0) is 37.6 Å². The highest BCUT2D eigenvalue weighted by atomic mass is 19.1. The Kier molecular flexibility index (Phi) is 4.63. The monoisotopic (exact) mass is 239 g/mol. The van der Waals surface area contributed by atoms with E-state index in [4.69, 9.17) is 5.11 Å². The van der Waals surface area contributed by atoms with Gasteiger partial charge in [-0.2, -0.15) is 0 Å². The van der Waals surface area contributed by atoms with Gasteiger partial charge in [-0.3, -0.25) is 9.59 Å². The summed E-state index contributed by atoms with van der Waals surface area (Å²) in [5, 5.41) is 11.1. The largest absolute Gasteiger partial charge is 0.481 e. The molecule has 0 spiro atoms. The number of rotatable bonds is 5. The SMILES string of the molecule is C[C@H](CCC(=O)O)NC(=O)c1ccc(F)cc1. The molecule has 1 amide bonds. The Bertz CT molecular complexity index is 403. The van der Waals surface area contributed by atoms with Gasteiger partial charge in [-0.15, -0.1) is 0 Å². The molecule has 0 aliphatic heterocycles. The van der Waals surface area contributed by atoms with Gasteiger partial charge >= 0.3 is 5.97 Å². The van der Waals surface area contributed by atoms with Gasteiger partial charge < -0.3 is 10.4 Å². The fourth-order valence-corrected chi connectivity index (χ4v) is 1.32. The van der Waals surface area contributed by atoms with Crippen LogP contribution < -0.4 is 5.32 Å². The van der Waals surface area contributed by atoms with Crippen molar-refractivity contribution in [2.45, 2.75) is 25.8 Å². The average Bonchev–Trinajstić information content (AvgIpc) is 2.27. The van der Waals surface area contributed by atoms with E-state index in [2.05, 4.69) is 5.32 Å². The van der Waals surface area contributed by atoms with Crippen molar-refractivity contribution in [3.8, 4) is 0 Å². The second kappa shape index (κ2) is 5.98. The van der Waals surface area contributed by atoms with Crippen molar-refractivity contribution in [1.29, 1.82) is 0 Å². The topological polar surface area (TPSA) is 66.4 Å². The van der Waals surface area contributed by atoms with Crippen LogP contribution >= 0.6 is 0 Å². The zero-order valence-electron chi connectivity index (χ0n) is 9.44. The molecule has 0 bridgehead atoms. The van der Waals surface area contributed by atoms with Crippen LogP contribution in [0.15, 0.2) is 24.3 Å². The number of aliphatic carboxylic acids is 1. The van der Waals surface area contributed by atoms with Gasteiger partial charge in [0.25, 0.3) is 5.91 Å². The van der Waals surface area contributed by atoms with E-state index in [1.165, 1.54) is 24.3 Å². The number of carbonyl (C=O) groups is 2. The van der Waals surface area contributed by atoms with Gasteiger partial charge in [0.15, 0.2) is 0 Å². The van der Waals surface area contributed by atoms with E-state index in [0.717, 1.165) is 0 Å². The fraction of sp³-hybridized carbons (Fsp3) is 0.333. The minimum Gasteiger partial charge on any atom is -0.481 e. The third kappa shape index (κ3) is 4.63. The lowest BCUT2D eigenvalue weighted by molar-refractivity contribution is -0.137. The van der Waals surface area contributed by atoms with Crippen LogP contribution in [0.3, 0.4) is 0 Å². The molecule has 0 saturated carbocycles. The van der Waals surface area contributed by atoms with Crippen molar-refractivity contribution in [2.24, 2.45) is 0 Å². The first kappa shape index (κ1) is 13.2. The summed E-state index contributed by atoms with van der Waals surface area (Å²) in [5.41, 5.74) is 0.355. The van der Waals surface area contributed by atoms with E-state index in [1.54, 1.807) is 6.92 Å². The van der Waals surface area contributed by atoms with Crippen molar-refractivity contribution in [2.75, 3.05) is 0 Å². The fourth-order valence-electron chi connectivity index (χ4n) is 1.32. The molecule has 0 saturated heterocycles. The van der Waals surface area contributed by atoms with Crippen LogP contribution in [0.5, 0.6) is 0 Å². The summed E-state index contributed by atoms with van der Waals surface area (Å²) in [4.78, 5) is 22.0. The lowest BCUT2D eigenvalue weighted by Crippen LogP contribution is -2.32. The Morgan fingerprint density at radius 2 is 1.94 bits per heavy atom. The lowest BCUT2D eigenvalue weighted by Gasteiger charge is -2.12. The maximum atomic E-state index is 12.6. The predicted molar refractivity (Wildman–Crippen MR) is 60.2 cm³/mol. The molecule has 4 nitrogen and oxygen atoms in total. The van der Waals surface area contributed by atoms with E-state index in [-0.39, 0.29) is 18.4 Å². The Hall–Kier alpha value is -1.91. The maximum Gasteiger partial charge on any atom is 0.303 e. The first-order chi connectivity index (χ1) is 7.99. The third-order valence-corrected chi connectivity index (χ3v) is 2.28. The number of carbonyl (C=O) groups excluding carboxylic acids is 1. The zero-order chi connectivity index (χ0) is 12.8. The van der Waals surface area contributed by atoms with Crippen LogP contribution in [0.1, 0.15) is 30.1 Å². The number of benzene rings is 1. The molecular formula is C12H14FNO3. The van der Waals surface area contributed by atoms with Crippen LogP contribution in [0, 0.1) is 5.82 Å². The van der Waals surface area contributed by atoms with Gasteiger partial charge in [0.2, 0.25) is 0 Å². The minimum absolute atomic E-state index is 0.00483. The van der Waals surface area contributed by atoms with Crippen molar-refractivity contribution >= 4 is 11.9 Å². The summed E-state index contributed by atoms with van der Waals surface area (Å²) in [6, 6.07) is 4.94. The molecule has 0 aliphatic carbocycles. The van der Waals surface area contributed by atoms with Crippen LogP contribution in [-0.2, 0) is 4.79 Å². The van der Waals surface area contributed by atoms with Crippen molar-refractivity contribution in [3.05, 3.63) is 35.6 Å². The summed E-state index contributed by atoms with van der Waals surface area (Å²) in [5.74, 6) is -1.63. The molecule has 1 atom stereocenters. The van der Waals surface area contributed by atoms with Crippen LogP contribution in [0.2, 0.25) is 0 Å². The number of carboxylic acid groups (broad SMARTS) is 1. The molecule has 0 fully saturated rings. The summed E-state index contributed by atoms with van der Waals surface area (Å²) in [7, 11) is 0. The number of carboxylic acids is 1. The Labute approximate surface area is 98.5 Å². The second-order valence-electron chi connectivity index (χ2n) is 3.81. The maximum absolute atomic E-state index is 12.6. The quantitative estimate of drug-likeness (QED) is 0.823. The predicted octanol–water partition coefficient (Wildman–Crippen LogP) is 1.81. The number of amides is 1. The van der Waals surface area contributed by atoms with E-state index in [9.17, 15) is 14.0 Å². The van der Waals surface area contributed by atoms with Gasteiger partial charge in [0.1, 0.15) is 5.82 Å². The number of hydrogen-bond acceptors (Lipinski definition) is 2. The molecule has 1 rings (SSSR count). The molecule has 1 aromatic rings. The standard InChI is InChI=1S/C12H14FNO3/c1-8(2-7-11(15)16)14-12(17)9-3-5-10(13)6-4-9/h3-6,8H,2,7H2,1H3,(H,14,17)(H,15,16)/t8-/m1/s1. The molecule has 2 N–H and O–H groups in total.